The minimum Gasteiger partial charge on any atom is -0.481 e. The minimum absolute atomic E-state index is 0.0107. The van der Waals surface area contributed by atoms with Crippen molar-refractivity contribution in [3.05, 3.63) is 59.7 Å². The van der Waals surface area contributed by atoms with Gasteiger partial charge in [0.1, 0.15) is 6.61 Å². The molecule has 0 saturated carbocycles. The van der Waals surface area contributed by atoms with Gasteiger partial charge in [0.15, 0.2) is 0 Å². The molecule has 0 radical (unpaired) electrons. The summed E-state index contributed by atoms with van der Waals surface area (Å²) in [5.41, 5.74) is 3.87. The number of amides is 2. The van der Waals surface area contributed by atoms with E-state index in [0.717, 1.165) is 11.1 Å². The van der Waals surface area contributed by atoms with Gasteiger partial charge in [-0.3, -0.25) is 9.59 Å². The average Bonchev–Trinajstić information content (AvgIpc) is 3.17. The monoisotopic (exact) mass is 478 g/mol. The molecular weight excluding hydrogens is 448 g/mol. The first-order chi connectivity index (χ1) is 17.0. The van der Waals surface area contributed by atoms with Crippen molar-refractivity contribution in [2.75, 3.05) is 39.5 Å². The molecule has 2 N–H and O–H groups in total. The number of likely N-dealkylation sites (tertiary alicyclic amines) is 1. The van der Waals surface area contributed by atoms with Gasteiger partial charge >= 0.3 is 12.1 Å². The number of benzene rings is 2. The summed E-state index contributed by atoms with van der Waals surface area (Å²) in [6, 6.07) is 16.3. The number of carboxylic acid groups (broad SMARTS) is 1. The molecular formula is C27H30N2O6. The van der Waals surface area contributed by atoms with E-state index in [0.29, 0.717) is 39.1 Å². The van der Waals surface area contributed by atoms with Gasteiger partial charge in [-0.15, -0.1) is 0 Å². The Balaban J connectivity index is 1.20. The lowest BCUT2D eigenvalue weighted by molar-refractivity contribution is -0.156. The van der Waals surface area contributed by atoms with Crippen LogP contribution < -0.4 is 5.32 Å². The highest BCUT2D eigenvalue weighted by Crippen LogP contribution is 2.44. The van der Waals surface area contributed by atoms with Crippen molar-refractivity contribution in [1.82, 2.24) is 10.2 Å². The third kappa shape index (κ3) is 4.62. The SMILES string of the molecule is O=C(O)CC1CN(C(=O)C2(CNC(=O)OCC3c4ccccc4-c4ccccc43)CCOCC2)C1. The van der Waals surface area contributed by atoms with Gasteiger partial charge in [0.2, 0.25) is 5.91 Å². The normalized spacial score (nSPS) is 18.8. The molecule has 0 unspecified atom stereocenters. The van der Waals surface area contributed by atoms with Crippen LogP contribution in [0.5, 0.6) is 0 Å². The molecule has 35 heavy (non-hydrogen) atoms. The number of rotatable bonds is 7. The summed E-state index contributed by atoms with van der Waals surface area (Å²) >= 11 is 0. The highest BCUT2D eigenvalue weighted by atomic mass is 16.5. The van der Waals surface area contributed by atoms with Crippen molar-refractivity contribution in [2.45, 2.75) is 25.2 Å². The number of aliphatic carboxylic acids is 1. The quantitative estimate of drug-likeness (QED) is 0.633. The Morgan fingerprint density at radius 2 is 1.60 bits per heavy atom. The third-order valence-electron chi connectivity index (χ3n) is 7.53. The fourth-order valence-corrected chi connectivity index (χ4v) is 5.57. The second-order valence-electron chi connectivity index (χ2n) is 9.75. The summed E-state index contributed by atoms with van der Waals surface area (Å²) < 4.78 is 11.1. The van der Waals surface area contributed by atoms with Crippen molar-refractivity contribution >= 4 is 18.0 Å². The lowest BCUT2D eigenvalue weighted by atomic mass is 9.77. The van der Waals surface area contributed by atoms with Crippen molar-refractivity contribution in [1.29, 1.82) is 0 Å². The molecule has 184 valence electrons. The lowest BCUT2D eigenvalue weighted by Gasteiger charge is -2.46. The number of hydrogen-bond donors (Lipinski definition) is 2. The van der Waals surface area contributed by atoms with Crippen LogP contribution in [0.25, 0.3) is 11.1 Å². The van der Waals surface area contributed by atoms with Crippen LogP contribution in [-0.2, 0) is 19.1 Å². The van der Waals surface area contributed by atoms with Crippen LogP contribution in [-0.4, -0.2) is 67.4 Å². The number of fused-ring (bicyclic) bond motifs is 3. The maximum atomic E-state index is 13.3. The smallest absolute Gasteiger partial charge is 0.407 e. The molecule has 2 aliphatic heterocycles. The number of hydrogen-bond acceptors (Lipinski definition) is 5. The number of carbonyl (C=O) groups excluding carboxylic acids is 2. The van der Waals surface area contributed by atoms with Crippen molar-refractivity contribution in [3.63, 3.8) is 0 Å². The van der Waals surface area contributed by atoms with Gasteiger partial charge in [-0.05, 0) is 35.1 Å². The van der Waals surface area contributed by atoms with E-state index in [1.807, 2.05) is 24.3 Å². The standard InChI is InChI=1S/C27H30N2O6/c30-24(31)13-18-14-29(15-18)25(32)27(9-11-34-12-10-27)17-28-26(33)35-16-23-21-7-3-1-5-19(21)20-6-2-4-8-22(20)23/h1-8,18,23H,9-17H2,(H,28,33)(H,30,31). The summed E-state index contributed by atoms with van der Waals surface area (Å²) in [6.45, 7) is 2.17. The Kier molecular flexibility index (Phi) is 6.47. The predicted octanol–water partition coefficient (Wildman–Crippen LogP) is 3.26. The minimum atomic E-state index is -0.847. The largest absolute Gasteiger partial charge is 0.481 e. The second-order valence-corrected chi connectivity index (χ2v) is 9.75. The van der Waals surface area contributed by atoms with E-state index >= 15 is 0 Å². The molecule has 0 spiro atoms. The molecule has 1 aliphatic carbocycles. The van der Waals surface area contributed by atoms with Crippen LogP contribution in [0.2, 0.25) is 0 Å². The number of nitrogens with zero attached hydrogens (tertiary/aromatic N) is 1. The zero-order chi connectivity index (χ0) is 24.4. The molecule has 2 fully saturated rings. The van der Waals surface area contributed by atoms with Crippen LogP contribution >= 0.6 is 0 Å². The first kappa shape index (κ1) is 23.4. The molecule has 0 atom stereocenters. The van der Waals surface area contributed by atoms with Gasteiger partial charge in [-0.2, -0.15) is 0 Å². The summed E-state index contributed by atoms with van der Waals surface area (Å²) in [5, 5.41) is 11.8. The molecule has 3 aliphatic rings. The molecule has 2 amide bonds. The fraction of sp³-hybridized carbons (Fsp3) is 0.444. The lowest BCUT2D eigenvalue weighted by Crippen LogP contribution is -2.59. The Labute approximate surface area is 204 Å². The Hall–Kier alpha value is -3.39. The van der Waals surface area contributed by atoms with Crippen LogP contribution in [0.15, 0.2) is 48.5 Å². The number of carbonyl (C=O) groups is 3. The Morgan fingerprint density at radius 3 is 2.20 bits per heavy atom. The fourth-order valence-electron chi connectivity index (χ4n) is 5.57. The van der Waals surface area contributed by atoms with Crippen molar-refractivity contribution in [2.24, 2.45) is 11.3 Å². The molecule has 0 aromatic heterocycles. The highest BCUT2D eigenvalue weighted by Gasteiger charge is 2.46. The average molecular weight is 479 g/mol. The molecule has 8 heteroatoms. The van der Waals surface area contributed by atoms with E-state index in [2.05, 4.69) is 29.6 Å². The maximum absolute atomic E-state index is 13.3. The summed E-state index contributed by atoms with van der Waals surface area (Å²) in [5.74, 6) is -0.927. The van der Waals surface area contributed by atoms with Crippen LogP contribution in [0, 0.1) is 11.3 Å². The number of carboxylic acids is 1. The van der Waals surface area contributed by atoms with Gasteiger partial charge in [0.25, 0.3) is 0 Å². The molecule has 2 saturated heterocycles. The molecule has 2 heterocycles. The van der Waals surface area contributed by atoms with E-state index < -0.39 is 17.5 Å². The molecule has 5 rings (SSSR count). The van der Waals surface area contributed by atoms with E-state index in [1.54, 1.807) is 4.90 Å². The highest BCUT2D eigenvalue weighted by molar-refractivity contribution is 5.85. The number of alkyl carbamates (subject to hydrolysis) is 1. The van der Waals surface area contributed by atoms with E-state index in [4.69, 9.17) is 14.6 Å². The number of nitrogens with one attached hydrogen (secondary N) is 1. The van der Waals surface area contributed by atoms with Crippen LogP contribution in [0.3, 0.4) is 0 Å². The Bertz CT molecular complexity index is 1070. The third-order valence-corrected chi connectivity index (χ3v) is 7.53. The first-order valence-corrected chi connectivity index (χ1v) is 12.1. The van der Waals surface area contributed by atoms with E-state index in [9.17, 15) is 14.4 Å². The second kappa shape index (κ2) is 9.70. The summed E-state index contributed by atoms with van der Waals surface area (Å²) in [6.07, 6.45) is 0.543. The molecule has 8 nitrogen and oxygen atoms in total. The van der Waals surface area contributed by atoms with Crippen molar-refractivity contribution in [3.8, 4) is 11.1 Å². The van der Waals surface area contributed by atoms with E-state index in [-0.39, 0.29) is 37.3 Å². The van der Waals surface area contributed by atoms with Crippen LogP contribution in [0.1, 0.15) is 36.3 Å². The van der Waals surface area contributed by atoms with E-state index in [1.165, 1.54) is 11.1 Å². The predicted molar refractivity (Wildman–Crippen MR) is 128 cm³/mol. The first-order valence-electron chi connectivity index (χ1n) is 12.1. The molecule has 0 bridgehead atoms. The van der Waals surface area contributed by atoms with Gasteiger partial charge in [-0.1, -0.05) is 48.5 Å². The van der Waals surface area contributed by atoms with Gasteiger partial charge in [0.05, 0.1) is 11.8 Å². The van der Waals surface area contributed by atoms with Gasteiger partial charge in [-0.25, -0.2) is 4.79 Å². The zero-order valence-electron chi connectivity index (χ0n) is 19.6. The molecule has 2 aromatic carbocycles. The van der Waals surface area contributed by atoms with Crippen molar-refractivity contribution < 1.29 is 29.0 Å². The summed E-state index contributed by atoms with van der Waals surface area (Å²) in [7, 11) is 0. The van der Waals surface area contributed by atoms with Gasteiger partial charge < -0.3 is 24.8 Å². The topological polar surface area (TPSA) is 105 Å². The Morgan fingerprint density at radius 1 is 1.00 bits per heavy atom. The zero-order valence-corrected chi connectivity index (χ0v) is 19.6. The van der Waals surface area contributed by atoms with Gasteiger partial charge in [0, 0.05) is 44.7 Å². The number of ether oxygens (including phenoxy) is 2. The van der Waals surface area contributed by atoms with Crippen LogP contribution in [0.4, 0.5) is 4.79 Å². The summed E-state index contributed by atoms with van der Waals surface area (Å²) in [4.78, 5) is 38.7. The molecule has 2 aromatic rings. The maximum Gasteiger partial charge on any atom is 0.407 e.